The highest BCUT2D eigenvalue weighted by molar-refractivity contribution is 7.89. The highest BCUT2D eigenvalue weighted by Gasteiger charge is 2.34. The number of benzene rings is 3. The van der Waals surface area contributed by atoms with Gasteiger partial charge in [-0.15, -0.1) is 0 Å². The van der Waals surface area contributed by atoms with Crippen LogP contribution in [0.25, 0.3) is 0 Å². The molecule has 0 saturated heterocycles. The number of rotatable bonds is 6. The van der Waals surface area contributed by atoms with Gasteiger partial charge >= 0.3 is 0 Å². The zero-order valence-corrected chi connectivity index (χ0v) is 15.8. The predicted octanol–water partition coefficient (Wildman–Crippen LogP) is 4.09. The van der Waals surface area contributed by atoms with E-state index in [1.54, 1.807) is 72.8 Å². The molecular weight excluding hydrogens is 358 g/mol. The van der Waals surface area contributed by atoms with E-state index >= 15 is 0 Å². The molecule has 3 aromatic rings. The topological polar surface area (TPSA) is 57.6 Å². The first-order valence-electron chi connectivity index (χ1n) is 9.70. The number of likely N-dealkylation sites (N-methyl/N-ethyl adjacent to an activating group) is 1. The lowest BCUT2D eigenvalue weighted by Gasteiger charge is -2.32. The van der Waals surface area contributed by atoms with Crippen LogP contribution in [0.15, 0.2) is 89.8 Å². The Bertz CT molecular complexity index is 1030. The van der Waals surface area contributed by atoms with E-state index in [1.807, 2.05) is 6.92 Å². The van der Waals surface area contributed by atoms with E-state index in [-0.39, 0.29) is 4.90 Å². The van der Waals surface area contributed by atoms with Crippen molar-refractivity contribution in [3.63, 3.8) is 0 Å². The van der Waals surface area contributed by atoms with Crippen molar-refractivity contribution in [3.05, 3.63) is 102 Å². The molecule has 0 aliphatic heterocycles. The van der Waals surface area contributed by atoms with Gasteiger partial charge < -0.3 is 5.11 Å². The van der Waals surface area contributed by atoms with Crippen LogP contribution in [0.2, 0.25) is 0 Å². The normalized spacial score (nSPS) is 16.3. The second kappa shape index (κ2) is 8.05. The van der Waals surface area contributed by atoms with Crippen LogP contribution in [-0.2, 0) is 10.0 Å². The summed E-state index contributed by atoms with van der Waals surface area (Å²) in [6, 6.07) is 22.4. The molecule has 4 nitrogen and oxygen atoms in total. The maximum Gasteiger partial charge on any atom is 0.243 e. The largest absolute Gasteiger partial charge is 0.386 e. The van der Waals surface area contributed by atoms with Gasteiger partial charge in [0.2, 0.25) is 10.0 Å². The Balaban J connectivity index is 2.16. The van der Waals surface area contributed by atoms with Gasteiger partial charge in [-0.05, 0) is 30.2 Å². The lowest BCUT2D eigenvalue weighted by atomic mass is 9.96. The molecule has 0 amide bonds. The number of aliphatic hydroxyl groups excluding tert-OH is 1. The van der Waals surface area contributed by atoms with Crippen molar-refractivity contribution in [2.24, 2.45) is 0 Å². The van der Waals surface area contributed by atoms with Gasteiger partial charge in [0.25, 0.3) is 0 Å². The molecule has 0 spiro atoms. The van der Waals surface area contributed by atoms with Crippen LogP contribution in [-0.4, -0.2) is 24.8 Å². The van der Waals surface area contributed by atoms with Crippen molar-refractivity contribution in [2.75, 3.05) is 7.00 Å². The Morgan fingerprint density at radius 1 is 0.926 bits per heavy atom. The van der Waals surface area contributed by atoms with Gasteiger partial charge in [0.1, 0.15) is 0 Å². The van der Waals surface area contributed by atoms with E-state index < -0.39 is 29.2 Å². The fourth-order valence-corrected chi connectivity index (χ4v) is 4.19. The van der Waals surface area contributed by atoms with Crippen molar-refractivity contribution in [1.29, 1.82) is 0 Å². The summed E-state index contributed by atoms with van der Waals surface area (Å²) in [5.41, 5.74) is 1.91. The summed E-state index contributed by atoms with van der Waals surface area (Å²) >= 11 is 0. The molecule has 3 rings (SSSR count). The van der Waals surface area contributed by atoms with E-state index in [9.17, 15) is 13.5 Å². The summed E-state index contributed by atoms with van der Waals surface area (Å²) in [6.45, 7) is -0.0115. The zero-order chi connectivity index (χ0) is 21.0. The zero-order valence-electron chi connectivity index (χ0n) is 16.9. The van der Waals surface area contributed by atoms with Crippen molar-refractivity contribution in [1.82, 2.24) is 4.31 Å². The van der Waals surface area contributed by atoms with Gasteiger partial charge in [-0.2, -0.15) is 4.31 Å². The lowest BCUT2D eigenvalue weighted by molar-refractivity contribution is 0.0984. The highest BCUT2D eigenvalue weighted by atomic mass is 32.2. The van der Waals surface area contributed by atoms with Crippen molar-refractivity contribution in [3.8, 4) is 0 Å². The maximum atomic E-state index is 13.4. The fourth-order valence-electron chi connectivity index (χ4n) is 2.93. The van der Waals surface area contributed by atoms with Crippen LogP contribution < -0.4 is 0 Å². The molecule has 0 aliphatic carbocycles. The minimum atomic E-state index is -4.22. The smallest absolute Gasteiger partial charge is 0.243 e. The maximum absolute atomic E-state index is 13.4. The first-order valence-corrected chi connectivity index (χ1v) is 9.99. The first-order chi connectivity index (χ1) is 13.8. The molecule has 0 saturated carbocycles. The lowest BCUT2D eigenvalue weighted by Crippen LogP contribution is -2.35. The number of sulfonamides is 1. The summed E-state index contributed by atoms with van der Waals surface area (Å²) in [7, 11) is -4.22. The summed E-state index contributed by atoms with van der Waals surface area (Å²) in [5.74, 6) is 0. The van der Waals surface area contributed by atoms with E-state index in [0.717, 1.165) is 9.87 Å². The van der Waals surface area contributed by atoms with E-state index in [2.05, 4.69) is 0 Å². The Kier molecular flexibility index (Phi) is 4.97. The summed E-state index contributed by atoms with van der Waals surface area (Å²) in [5, 5.41) is 11.1. The molecule has 0 aromatic heterocycles. The average molecular weight is 385 g/mol. The van der Waals surface area contributed by atoms with Gasteiger partial charge in [0.05, 0.1) is 17.0 Å². The number of aryl methyl sites for hydroxylation is 1. The first kappa shape index (κ1) is 16.7. The minimum absolute atomic E-state index is 0.0196. The van der Waals surface area contributed by atoms with Gasteiger partial charge in [0.15, 0.2) is 0 Å². The standard InChI is InChI=1S/C22H23NO3S/c1-17-13-15-20(16-14-17)27(25,26)23(2)21(18-9-5-3-6-10-18)22(24)19-11-7-4-8-12-19/h3-16,21-22,24H,1-2H3/t21-,22+/m0/s1/i2TD/t2?,21-,22+. The number of aliphatic hydroxyl groups is 1. The van der Waals surface area contributed by atoms with E-state index in [4.69, 9.17) is 2.74 Å². The van der Waals surface area contributed by atoms with Crippen LogP contribution in [0.5, 0.6) is 0 Å². The molecule has 1 N–H and O–H groups in total. The molecule has 1 unspecified atom stereocenters. The number of hydrogen-bond acceptors (Lipinski definition) is 3. The van der Waals surface area contributed by atoms with Crippen LogP contribution in [0.3, 0.4) is 0 Å². The van der Waals surface area contributed by atoms with E-state index in [1.165, 1.54) is 12.1 Å². The third-order valence-electron chi connectivity index (χ3n) is 4.45. The van der Waals surface area contributed by atoms with Crippen LogP contribution >= 0.6 is 0 Å². The number of nitrogens with zero attached hydrogens (tertiary/aromatic N) is 1. The second-order valence-corrected chi connectivity index (χ2v) is 8.20. The monoisotopic (exact) mass is 384 g/mol. The molecule has 3 atom stereocenters. The van der Waals surface area contributed by atoms with Crippen molar-refractivity contribution in [2.45, 2.75) is 24.0 Å². The Hall–Kier alpha value is -2.47. The van der Waals surface area contributed by atoms with Gasteiger partial charge in [-0.1, -0.05) is 78.4 Å². The molecule has 0 aliphatic rings. The molecular formula is C22H23NO3S. The molecule has 27 heavy (non-hydrogen) atoms. The second-order valence-electron chi connectivity index (χ2n) is 6.36. The predicted molar refractivity (Wildman–Crippen MR) is 107 cm³/mol. The molecule has 0 heterocycles. The Morgan fingerprint density at radius 2 is 1.44 bits per heavy atom. The van der Waals surface area contributed by atoms with Crippen molar-refractivity contribution >= 4 is 10.0 Å². The van der Waals surface area contributed by atoms with Crippen LogP contribution in [0.4, 0.5) is 0 Å². The van der Waals surface area contributed by atoms with Gasteiger partial charge in [0, 0.05) is 9.74 Å². The Labute approximate surface area is 163 Å². The van der Waals surface area contributed by atoms with Gasteiger partial charge in [-0.25, -0.2) is 8.42 Å². The number of hydrogen-bond donors (Lipinski definition) is 1. The quantitative estimate of drug-likeness (QED) is 0.696. The molecule has 5 heteroatoms. The fraction of sp³-hybridized carbons (Fsp3) is 0.182. The van der Waals surface area contributed by atoms with Crippen molar-refractivity contribution < 1.29 is 16.3 Å². The minimum Gasteiger partial charge on any atom is -0.386 e. The molecule has 3 aromatic carbocycles. The molecule has 140 valence electrons. The van der Waals surface area contributed by atoms with Gasteiger partial charge in [-0.3, -0.25) is 0 Å². The summed E-state index contributed by atoms with van der Waals surface area (Å²) < 4.78 is 43.6. The van der Waals surface area contributed by atoms with Crippen LogP contribution in [0, 0.1) is 6.92 Å². The Morgan fingerprint density at radius 3 is 1.96 bits per heavy atom. The third kappa shape index (κ3) is 4.11. The third-order valence-corrected chi connectivity index (χ3v) is 6.10. The summed E-state index contributed by atoms with van der Waals surface area (Å²) in [6.07, 6.45) is -1.25. The average Bonchev–Trinajstić information content (AvgIpc) is 2.72. The molecule has 0 radical (unpaired) electrons. The highest BCUT2D eigenvalue weighted by Crippen LogP contribution is 2.36. The molecule has 0 bridgehead atoms. The SMILES string of the molecule is [2H]C([3H])N([C@@H](c1ccccc1)[C@H](O)c1ccccc1)S(=O)(=O)c1ccc(C)cc1. The van der Waals surface area contributed by atoms with E-state index in [0.29, 0.717) is 11.1 Å². The molecule has 0 fully saturated rings. The summed E-state index contributed by atoms with van der Waals surface area (Å²) in [4.78, 5) is -0.0196. The van der Waals surface area contributed by atoms with Crippen LogP contribution in [0.1, 0.15) is 31.6 Å².